The zero-order valence-corrected chi connectivity index (χ0v) is 8.46. The van der Waals surface area contributed by atoms with Crippen molar-refractivity contribution in [2.45, 2.75) is 25.7 Å². The largest absolute Gasteiger partial charge is 1.00 e. The third-order valence-corrected chi connectivity index (χ3v) is 2.76. The monoisotopic (exact) mass is 167 g/mol. The first-order chi connectivity index (χ1) is 3.56. The smallest absolute Gasteiger partial charge is 0.0466 e. The molecule has 0 aromatic heterocycles. The lowest BCUT2D eigenvalue weighted by molar-refractivity contribution is -0.00000255. The van der Waals surface area contributed by atoms with Gasteiger partial charge in [-0.05, 0) is 6.04 Å². The number of ether oxygens (including phenoxy) is 1. The van der Waals surface area contributed by atoms with Gasteiger partial charge >= 0.3 is 0 Å². The molecule has 9 heavy (non-hydrogen) atoms. The molecule has 58 valence electrons. The number of rotatable bonds is 3. The van der Waals surface area contributed by atoms with Crippen LogP contribution in [0.4, 0.5) is 0 Å². The van der Waals surface area contributed by atoms with Crippen LogP contribution in [0.1, 0.15) is 0 Å². The summed E-state index contributed by atoms with van der Waals surface area (Å²) in [6.07, 6.45) is 0. The van der Waals surface area contributed by atoms with E-state index >= 15 is 0 Å². The van der Waals surface area contributed by atoms with Gasteiger partial charge in [-0.1, -0.05) is 19.6 Å². The summed E-state index contributed by atoms with van der Waals surface area (Å²) in [5, 5.41) is 0. The molecule has 0 atom stereocenters. The van der Waals surface area contributed by atoms with Crippen molar-refractivity contribution in [3.8, 4) is 0 Å². The highest BCUT2D eigenvalue weighted by molar-refractivity contribution is 6.76. The molecule has 0 radical (unpaired) electrons. The molecule has 0 spiro atoms. The summed E-state index contributed by atoms with van der Waals surface area (Å²) in [5.41, 5.74) is 0. The Bertz CT molecular complexity index is 60.6. The predicted molar refractivity (Wildman–Crippen MR) is 40.0 cm³/mol. The quantitative estimate of drug-likeness (QED) is 0.489. The summed E-state index contributed by atoms with van der Waals surface area (Å²) in [6, 6.07) is 1.28. The van der Waals surface area contributed by atoms with E-state index in [1.165, 1.54) is 6.04 Å². The van der Waals surface area contributed by atoms with Gasteiger partial charge in [0.2, 0.25) is 0 Å². The maximum absolute atomic E-state index is 4.95. The molecular formula is C6H16ClOSi-. The second-order valence-corrected chi connectivity index (χ2v) is 8.92. The molecule has 0 aromatic rings. The Labute approximate surface area is 65.2 Å². The fourth-order valence-corrected chi connectivity index (χ4v) is 1.22. The van der Waals surface area contributed by atoms with Crippen molar-refractivity contribution in [2.24, 2.45) is 0 Å². The molecule has 0 bridgehead atoms. The molecule has 0 saturated heterocycles. The SMILES string of the molecule is COCC[Si](C)(C)C.[Cl-]. The zero-order valence-electron chi connectivity index (χ0n) is 6.70. The summed E-state index contributed by atoms with van der Waals surface area (Å²) >= 11 is 0. The van der Waals surface area contributed by atoms with Gasteiger partial charge in [0.25, 0.3) is 0 Å². The van der Waals surface area contributed by atoms with Gasteiger partial charge in [0.1, 0.15) is 0 Å². The highest BCUT2D eigenvalue weighted by Gasteiger charge is 2.10. The minimum Gasteiger partial charge on any atom is -1.00 e. The highest BCUT2D eigenvalue weighted by Crippen LogP contribution is 2.06. The van der Waals surface area contributed by atoms with Gasteiger partial charge in [0.15, 0.2) is 0 Å². The highest BCUT2D eigenvalue weighted by atomic mass is 35.5. The summed E-state index contributed by atoms with van der Waals surface area (Å²) < 4.78 is 4.95. The van der Waals surface area contributed by atoms with Crippen LogP contribution in [0.15, 0.2) is 0 Å². The van der Waals surface area contributed by atoms with E-state index in [0.717, 1.165) is 6.61 Å². The van der Waals surface area contributed by atoms with Crippen molar-refractivity contribution < 1.29 is 17.1 Å². The van der Waals surface area contributed by atoms with E-state index in [0.29, 0.717) is 0 Å². The van der Waals surface area contributed by atoms with Crippen LogP contribution in [0.25, 0.3) is 0 Å². The Morgan fingerprint density at radius 2 is 1.67 bits per heavy atom. The van der Waals surface area contributed by atoms with Crippen molar-refractivity contribution in [1.82, 2.24) is 0 Å². The minimum absolute atomic E-state index is 0. The molecule has 1 nitrogen and oxygen atoms in total. The lowest BCUT2D eigenvalue weighted by Crippen LogP contribution is -3.00. The first kappa shape index (κ1) is 12.2. The molecule has 0 rings (SSSR count). The van der Waals surface area contributed by atoms with Gasteiger partial charge in [0.05, 0.1) is 0 Å². The Kier molecular flexibility index (Phi) is 7.12. The number of hydrogen-bond donors (Lipinski definition) is 0. The Balaban J connectivity index is 0. The Morgan fingerprint density at radius 1 is 1.22 bits per heavy atom. The fraction of sp³-hybridized carbons (Fsp3) is 1.00. The molecule has 3 heteroatoms. The van der Waals surface area contributed by atoms with Crippen LogP contribution in [-0.4, -0.2) is 21.8 Å². The fourth-order valence-electron chi connectivity index (χ4n) is 0.408. The first-order valence-electron chi connectivity index (χ1n) is 3.05. The van der Waals surface area contributed by atoms with Crippen LogP contribution >= 0.6 is 0 Å². The van der Waals surface area contributed by atoms with Gasteiger partial charge in [-0.15, -0.1) is 0 Å². The van der Waals surface area contributed by atoms with E-state index in [1.807, 2.05) is 0 Å². The Morgan fingerprint density at radius 3 is 1.78 bits per heavy atom. The van der Waals surface area contributed by atoms with E-state index in [2.05, 4.69) is 19.6 Å². The molecular weight excluding hydrogens is 152 g/mol. The standard InChI is InChI=1S/C6H16OSi.ClH/c1-7-5-6-8(2,3)4;/h5-6H2,1-4H3;1H/p-1. The van der Waals surface area contributed by atoms with Crippen LogP contribution in [0.2, 0.25) is 25.7 Å². The number of halogens is 1. The molecule has 0 saturated carbocycles. The third kappa shape index (κ3) is 11.8. The van der Waals surface area contributed by atoms with Gasteiger partial charge in [-0.25, -0.2) is 0 Å². The van der Waals surface area contributed by atoms with Crippen molar-refractivity contribution in [3.05, 3.63) is 0 Å². The van der Waals surface area contributed by atoms with Crippen molar-refractivity contribution in [1.29, 1.82) is 0 Å². The van der Waals surface area contributed by atoms with E-state index in [1.54, 1.807) is 7.11 Å². The van der Waals surface area contributed by atoms with Crippen LogP contribution in [0.5, 0.6) is 0 Å². The van der Waals surface area contributed by atoms with Crippen LogP contribution in [0.3, 0.4) is 0 Å². The third-order valence-electron chi connectivity index (χ3n) is 1.06. The molecule has 0 fully saturated rings. The first-order valence-corrected chi connectivity index (χ1v) is 6.76. The average molecular weight is 168 g/mol. The van der Waals surface area contributed by atoms with Crippen LogP contribution in [-0.2, 0) is 4.74 Å². The van der Waals surface area contributed by atoms with Gasteiger partial charge < -0.3 is 17.1 Å². The second-order valence-electron chi connectivity index (χ2n) is 3.30. The van der Waals surface area contributed by atoms with E-state index in [-0.39, 0.29) is 12.4 Å². The summed E-state index contributed by atoms with van der Waals surface area (Å²) in [5.74, 6) is 0. The minimum atomic E-state index is -0.803. The predicted octanol–water partition coefficient (Wildman–Crippen LogP) is -1.02. The summed E-state index contributed by atoms with van der Waals surface area (Å²) in [6.45, 7) is 8.00. The maximum Gasteiger partial charge on any atom is 0.0466 e. The van der Waals surface area contributed by atoms with Crippen molar-refractivity contribution in [3.63, 3.8) is 0 Å². The zero-order chi connectivity index (χ0) is 6.62. The van der Waals surface area contributed by atoms with E-state index < -0.39 is 8.07 Å². The summed E-state index contributed by atoms with van der Waals surface area (Å²) in [7, 11) is 0.961. The summed E-state index contributed by atoms with van der Waals surface area (Å²) in [4.78, 5) is 0. The number of hydrogen-bond acceptors (Lipinski definition) is 1. The Hall–Kier alpha value is 0.467. The lowest BCUT2D eigenvalue weighted by Gasteiger charge is -2.13. The molecule has 0 unspecified atom stereocenters. The second kappa shape index (κ2) is 5.27. The number of methoxy groups -OCH3 is 1. The van der Waals surface area contributed by atoms with E-state index in [4.69, 9.17) is 4.74 Å². The molecule has 0 N–H and O–H groups in total. The molecule has 0 aromatic carbocycles. The molecule has 0 aliphatic heterocycles. The molecule has 0 amide bonds. The lowest BCUT2D eigenvalue weighted by atomic mass is 10.9. The van der Waals surface area contributed by atoms with Crippen molar-refractivity contribution >= 4 is 8.07 Å². The topological polar surface area (TPSA) is 9.23 Å². The molecule has 0 aliphatic rings. The average Bonchev–Trinajstić information content (AvgIpc) is 1.59. The van der Waals surface area contributed by atoms with Crippen LogP contribution < -0.4 is 12.4 Å². The van der Waals surface area contributed by atoms with Crippen LogP contribution in [0, 0.1) is 0 Å². The normalized spacial score (nSPS) is 10.7. The van der Waals surface area contributed by atoms with Gasteiger partial charge in [0, 0.05) is 21.8 Å². The van der Waals surface area contributed by atoms with Crippen molar-refractivity contribution in [2.75, 3.05) is 13.7 Å². The molecule has 0 heterocycles. The van der Waals surface area contributed by atoms with E-state index in [9.17, 15) is 0 Å². The van der Waals surface area contributed by atoms with Gasteiger partial charge in [-0.2, -0.15) is 0 Å². The maximum atomic E-state index is 4.95. The molecule has 0 aliphatic carbocycles. The van der Waals surface area contributed by atoms with Gasteiger partial charge in [-0.3, -0.25) is 0 Å².